The normalized spacial score (nSPS) is 21.1. The van der Waals surface area contributed by atoms with E-state index in [1.807, 2.05) is 134 Å². The molecule has 0 aliphatic heterocycles. The Morgan fingerprint density at radius 3 is 2.10 bits per heavy atom. The van der Waals surface area contributed by atoms with Crippen LogP contribution in [-0.4, -0.2) is 72.1 Å². The van der Waals surface area contributed by atoms with Crippen molar-refractivity contribution in [2.75, 3.05) is 20.6 Å². The van der Waals surface area contributed by atoms with Crippen molar-refractivity contribution < 1.29 is 42.3 Å². The monoisotopic (exact) mass is 943 g/mol. The van der Waals surface area contributed by atoms with Gasteiger partial charge in [-0.15, -0.1) is 0 Å². The van der Waals surface area contributed by atoms with Crippen LogP contribution in [0.25, 0.3) is 0 Å². The standard InChI is InChI=1S/C49H59BrFN3O8Si/c1-28(55)54(27-47(2,3)4)24-33-38(50)42(59-25-29-18-14-12-15-19-29)36-32(39(33)51)22-31-23-34-40(53(8)9)43-37(46(52-61-43)60-26-30-20-16-13-17-21-30)45(58)49(34,44(57)35(31)41(36)56)62-63(10,11)48(5,6)7/h12-21,31,34,40,57H,22-27H2,1-11H3/t31-,34-,40-,49-/m0/s1. The van der Waals surface area contributed by atoms with Gasteiger partial charge in [0.05, 0.1) is 16.1 Å². The number of amides is 1. The van der Waals surface area contributed by atoms with E-state index < -0.39 is 60.0 Å². The van der Waals surface area contributed by atoms with Crippen LogP contribution in [0, 0.1) is 23.1 Å². The zero-order valence-corrected chi connectivity index (χ0v) is 40.7. The van der Waals surface area contributed by atoms with Crippen LogP contribution in [0.5, 0.6) is 11.6 Å². The van der Waals surface area contributed by atoms with E-state index in [4.69, 9.17) is 18.4 Å². The Balaban J connectivity index is 1.44. The molecule has 0 bridgehead atoms. The topological polar surface area (TPSA) is 132 Å². The highest BCUT2D eigenvalue weighted by Gasteiger charge is 2.67. The molecule has 0 spiro atoms. The molecule has 0 saturated heterocycles. The third kappa shape index (κ3) is 8.44. The van der Waals surface area contributed by atoms with Gasteiger partial charge in [-0.3, -0.25) is 19.3 Å². The largest absolute Gasteiger partial charge is 0.508 e. The van der Waals surface area contributed by atoms with Crippen molar-refractivity contribution in [3.63, 3.8) is 0 Å². The molecule has 4 aromatic rings. The number of aromatic nitrogens is 1. The summed E-state index contributed by atoms with van der Waals surface area (Å²) < 4.78 is 43.7. The average molecular weight is 945 g/mol. The predicted octanol–water partition coefficient (Wildman–Crippen LogP) is 10.6. The maximum Gasteiger partial charge on any atom is 0.265 e. The van der Waals surface area contributed by atoms with Gasteiger partial charge in [0.1, 0.15) is 36.1 Å². The molecular formula is C49H59BrFN3O8Si. The third-order valence-corrected chi connectivity index (χ3v) is 18.4. The number of rotatable bonds is 12. The van der Waals surface area contributed by atoms with Crippen LogP contribution in [0.3, 0.4) is 0 Å². The fourth-order valence-corrected chi connectivity index (χ4v) is 11.2. The number of Topliss-reactive ketones (excluding diaryl/α,β-unsaturated/α-hetero) is 2. The van der Waals surface area contributed by atoms with Crippen molar-refractivity contribution in [1.82, 2.24) is 15.0 Å². The summed E-state index contributed by atoms with van der Waals surface area (Å²) in [7, 11) is 0.715. The summed E-state index contributed by atoms with van der Waals surface area (Å²) in [6.45, 7) is 18.0. The Hall–Kier alpha value is -4.63. The molecule has 3 aliphatic rings. The van der Waals surface area contributed by atoms with E-state index in [1.165, 1.54) is 6.92 Å². The second-order valence-corrected chi connectivity index (χ2v) is 25.7. The van der Waals surface area contributed by atoms with Crippen LogP contribution >= 0.6 is 15.9 Å². The Morgan fingerprint density at radius 1 is 0.968 bits per heavy atom. The minimum atomic E-state index is -2.99. The molecule has 1 N–H and O–H groups in total. The molecule has 0 unspecified atom stereocenters. The van der Waals surface area contributed by atoms with Crippen LogP contribution in [0.4, 0.5) is 4.39 Å². The molecule has 0 fully saturated rings. The summed E-state index contributed by atoms with van der Waals surface area (Å²) in [5.41, 5.74) is -0.406. The molecule has 3 aliphatic carbocycles. The first-order valence-corrected chi connectivity index (χ1v) is 25.2. The number of aliphatic hydroxyl groups is 1. The fraction of sp³-hybridized carbons (Fsp3) is 0.469. The van der Waals surface area contributed by atoms with Crippen LogP contribution in [0.2, 0.25) is 18.1 Å². The van der Waals surface area contributed by atoms with E-state index in [0.29, 0.717) is 6.54 Å². The molecule has 14 heteroatoms. The molecule has 1 heterocycles. The number of halogens is 2. The summed E-state index contributed by atoms with van der Waals surface area (Å²) >= 11 is 3.64. The number of hydrogen-bond donors (Lipinski definition) is 1. The van der Waals surface area contributed by atoms with Crippen molar-refractivity contribution in [2.24, 2.45) is 17.3 Å². The predicted molar refractivity (Wildman–Crippen MR) is 244 cm³/mol. The maximum absolute atomic E-state index is 17.5. The minimum absolute atomic E-state index is 0.00330. The first-order chi connectivity index (χ1) is 29.5. The zero-order chi connectivity index (χ0) is 46.0. The highest BCUT2D eigenvalue weighted by atomic mass is 79.9. The quantitative estimate of drug-likeness (QED) is 0.137. The van der Waals surface area contributed by atoms with E-state index in [2.05, 4.69) is 21.1 Å². The molecule has 1 aromatic heterocycles. The van der Waals surface area contributed by atoms with Gasteiger partial charge in [-0.25, -0.2) is 4.39 Å². The SMILES string of the molecule is CC(=O)N(Cc1c(F)c2c(c(OCc3ccccc3)c1Br)C(=O)C1=C(O)[C@]3(O[Si](C)(C)C(C)(C)C)C(=O)c4c(OCc5ccccc5)noc4[C@@H](N(C)C)[C@@H]3C[C@@H]1C2)CC(C)(C)C. The number of nitrogens with zero attached hydrogens (tertiary/aromatic N) is 3. The smallest absolute Gasteiger partial charge is 0.265 e. The number of allylic oxidation sites excluding steroid dienone is 1. The van der Waals surface area contributed by atoms with E-state index in [1.54, 1.807) is 4.90 Å². The van der Waals surface area contributed by atoms with Gasteiger partial charge in [-0.1, -0.05) is 102 Å². The Kier molecular flexibility index (Phi) is 12.6. The van der Waals surface area contributed by atoms with Gasteiger partial charge in [-0.05, 0) is 88.6 Å². The molecule has 3 aromatic carbocycles. The van der Waals surface area contributed by atoms with E-state index in [-0.39, 0.29) is 93.6 Å². The molecule has 63 heavy (non-hydrogen) atoms. The maximum atomic E-state index is 17.5. The number of benzene rings is 3. The molecule has 0 saturated carbocycles. The molecule has 11 nitrogen and oxygen atoms in total. The molecule has 4 atom stereocenters. The van der Waals surface area contributed by atoms with Crippen LogP contribution in [0.15, 0.2) is 81.0 Å². The van der Waals surface area contributed by atoms with Crippen molar-refractivity contribution in [3.05, 3.63) is 121 Å². The number of carbonyl (C=O) groups is 3. The second kappa shape index (κ2) is 17.1. The van der Waals surface area contributed by atoms with Gasteiger partial charge >= 0.3 is 0 Å². The highest BCUT2D eigenvalue weighted by Crippen LogP contribution is 2.60. The van der Waals surface area contributed by atoms with Gasteiger partial charge in [0.2, 0.25) is 11.7 Å². The lowest BCUT2D eigenvalue weighted by molar-refractivity contribution is -0.130. The molecule has 0 radical (unpaired) electrons. The van der Waals surface area contributed by atoms with Gasteiger partial charge in [0, 0.05) is 42.6 Å². The van der Waals surface area contributed by atoms with Crippen molar-refractivity contribution in [1.29, 1.82) is 0 Å². The van der Waals surface area contributed by atoms with Crippen LogP contribution in [-0.2, 0) is 35.4 Å². The third-order valence-electron chi connectivity index (χ3n) is 13.1. The van der Waals surface area contributed by atoms with E-state index in [0.717, 1.165) is 11.1 Å². The van der Waals surface area contributed by atoms with E-state index in [9.17, 15) is 9.90 Å². The molecule has 336 valence electrons. The number of fused-ring (bicyclic) bond motifs is 4. The molecular weight excluding hydrogens is 886 g/mol. The van der Waals surface area contributed by atoms with Gasteiger partial charge in [0.25, 0.3) is 5.88 Å². The lowest BCUT2D eigenvalue weighted by Gasteiger charge is -2.55. The number of ketones is 2. The van der Waals surface area contributed by atoms with Crippen molar-refractivity contribution in [2.45, 2.75) is 111 Å². The summed E-state index contributed by atoms with van der Waals surface area (Å²) in [6, 6.07) is 18.2. The van der Waals surface area contributed by atoms with Gasteiger partial charge < -0.3 is 28.4 Å². The Morgan fingerprint density at radius 2 is 1.56 bits per heavy atom. The fourth-order valence-electron chi connectivity index (χ4n) is 9.11. The van der Waals surface area contributed by atoms with Crippen LogP contribution in [0.1, 0.15) is 110 Å². The van der Waals surface area contributed by atoms with Crippen molar-refractivity contribution >= 4 is 41.7 Å². The van der Waals surface area contributed by atoms with Crippen molar-refractivity contribution in [3.8, 4) is 11.6 Å². The Bertz CT molecular complexity index is 2460. The lowest BCUT2D eigenvalue weighted by atomic mass is 9.58. The summed E-state index contributed by atoms with van der Waals surface area (Å²) in [4.78, 5) is 47.7. The first-order valence-electron chi connectivity index (χ1n) is 21.5. The molecule has 1 amide bonds. The first kappa shape index (κ1) is 46.4. The summed E-state index contributed by atoms with van der Waals surface area (Å²) in [6.07, 6.45) is 0.159. The number of hydrogen-bond acceptors (Lipinski definition) is 10. The number of ether oxygens (including phenoxy) is 2. The highest BCUT2D eigenvalue weighted by molar-refractivity contribution is 9.10. The van der Waals surface area contributed by atoms with E-state index >= 15 is 14.0 Å². The minimum Gasteiger partial charge on any atom is -0.508 e. The summed E-state index contributed by atoms with van der Waals surface area (Å²) in [5, 5.41) is 17.0. The average Bonchev–Trinajstić information content (AvgIpc) is 3.62. The van der Waals surface area contributed by atoms with Crippen LogP contribution < -0.4 is 9.47 Å². The summed E-state index contributed by atoms with van der Waals surface area (Å²) in [5.74, 6) is -3.83. The Labute approximate surface area is 379 Å². The second-order valence-electron chi connectivity index (χ2n) is 20.2. The lowest BCUT2D eigenvalue weighted by Crippen LogP contribution is -2.65. The number of aliphatic hydroxyl groups excluding tert-OH is 1. The van der Waals surface area contributed by atoms with Gasteiger partial charge in [0.15, 0.2) is 25.5 Å². The number of carbonyl (C=O) groups excluding carboxylic acids is 3. The molecule has 7 rings (SSSR count). The zero-order valence-electron chi connectivity index (χ0n) is 38.2. The van der Waals surface area contributed by atoms with Gasteiger partial charge in [-0.2, -0.15) is 0 Å².